The largest absolute Gasteiger partial charge is 0.300 e. The summed E-state index contributed by atoms with van der Waals surface area (Å²) < 4.78 is 0. The average molecular weight is 497 g/mol. The number of ketones is 4. The normalized spacial score (nSPS) is 19.8. The highest BCUT2D eigenvalue weighted by Gasteiger charge is 2.32. The van der Waals surface area contributed by atoms with Crippen molar-refractivity contribution in [1.82, 2.24) is 0 Å². The summed E-state index contributed by atoms with van der Waals surface area (Å²) in [7, 11) is 0. The Labute approximate surface area is 219 Å². The first kappa shape index (κ1) is 30.1. The molecular formula is C32H48O4. The molecule has 0 N–H and O–H groups in total. The first-order chi connectivity index (χ1) is 17.2. The van der Waals surface area contributed by atoms with Gasteiger partial charge in [-0.2, -0.15) is 0 Å². The minimum atomic E-state index is -0.0622. The van der Waals surface area contributed by atoms with Gasteiger partial charge in [0.05, 0.1) is 6.42 Å². The number of benzene rings is 1. The van der Waals surface area contributed by atoms with Gasteiger partial charge >= 0.3 is 0 Å². The standard InChI is InChI=1S/C23H32O3.C9H16O/c1-5-8-18(20(6-2)21(25)11-16(4)24)12-17-13-19-10-7-9-15(3)23(19)22(26)14-17;1-8(10)9-6-4-2-3-5-7-9/h7,9-10,17-18,20H,5-6,8,11-14H2,1-4H3;9H,2-7H2,1H3. The maximum atomic E-state index is 12.7. The van der Waals surface area contributed by atoms with Crippen LogP contribution >= 0.6 is 0 Å². The average Bonchev–Trinajstić information content (AvgIpc) is 3.09. The van der Waals surface area contributed by atoms with Gasteiger partial charge in [-0.15, -0.1) is 0 Å². The van der Waals surface area contributed by atoms with Crippen molar-refractivity contribution in [3.05, 3.63) is 34.9 Å². The van der Waals surface area contributed by atoms with Crippen molar-refractivity contribution in [3.8, 4) is 0 Å². The van der Waals surface area contributed by atoms with Crippen LogP contribution in [0.1, 0.15) is 126 Å². The molecule has 0 bridgehead atoms. The molecule has 0 amide bonds. The van der Waals surface area contributed by atoms with Crippen molar-refractivity contribution in [1.29, 1.82) is 0 Å². The van der Waals surface area contributed by atoms with E-state index in [0.717, 1.165) is 61.6 Å². The van der Waals surface area contributed by atoms with Crippen LogP contribution < -0.4 is 0 Å². The fourth-order valence-corrected chi connectivity index (χ4v) is 6.38. The van der Waals surface area contributed by atoms with Gasteiger partial charge in [0.15, 0.2) is 5.78 Å². The van der Waals surface area contributed by atoms with Crippen LogP contribution in [0.3, 0.4) is 0 Å². The third kappa shape index (κ3) is 9.09. The van der Waals surface area contributed by atoms with Gasteiger partial charge in [-0.1, -0.05) is 70.6 Å². The number of carbonyl (C=O) groups is 4. The van der Waals surface area contributed by atoms with Gasteiger partial charge in [-0.25, -0.2) is 0 Å². The van der Waals surface area contributed by atoms with E-state index in [1.807, 2.05) is 26.0 Å². The lowest BCUT2D eigenvalue weighted by Crippen LogP contribution is -2.29. The lowest BCUT2D eigenvalue weighted by molar-refractivity contribution is -0.130. The number of carbonyl (C=O) groups excluding carboxylic acids is 4. The van der Waals surface area contributed by atoms with Crippen molar-refractivity contribution in [2.24, 2.45) is 23.7 Å². The molecule has 200 valence electrons. The van der Waals surface area contributed by atoms with Crippen LogP contribution in [0, 0.1) is 30.6 Å². The second kappa shape index (κ2) is 15.2. The zero-order valence-electron chi connectivity index (χ0n) is 23.4. The third-order valence-electron chi connectivity index (χ3n) is 8.19. The van der Waals surface area contributed by atoms with Crippen molar-refractivity contribution in [2.45, 2.75) is 118 Å². The predicted molar refractivity (Wildman–Crippen MR) is 146 cm³/mol. The molecule has 1 aromatic rings. The molecule has 2 aliphatic carbocycles. The van der Waals surface area contributed by atoms with E-state index in [-0.39, 0.29) is 35.6 Å². The summed E-state index contributed by atoms with van der Waals surface area (Å²) in [6.07, 6.45) is 12.7. The van der Waals surface area contributed by atoms with E-state index in [1.165, 1.54) is 32.6 Å². The van der Waals surface area contributed by atoms with Gasteiger partial charge in [0.1, 0.15) is 17.3 Å². The Bertz CT molecular complexity index is 891. The molecule has 1 saturated carbocycles. The molecule has 0 radical (unpaired) electrons. The summed E-state index contributed by atoms with van der Waals surface area (Å²) >= 11 is 0. The summed E-state index contributed by atoms with van der Waals surface area (Å²) in [6.45, 7) is 9.40. The topological polar surface area (TPSA) is 68.3 Å². The maximum absolute atomic E-state index is 12.7. The number of Topliss-reactive ketones (excluding diaryl/α,β-unsaturated/α-hetero) is 4. The van der Waals surface area contributed by atoms with Crippen LogP contribution in [-0.4, -0.2) is 23.1 Å². The minimum Gasteiger partial charge on any atom is -0.300 e. The fourth-order valence-electron chi connectivity index (χ4n) is 6.38. The molecular weight excluding hydrogens is 448 g/mol. The number of rotatable bonds is 10. The Kier molecular flexibility index (Phi) is 12.7. The SMILES string of the molecule is CC(=O)C1CCCCCC1.CCCC(CC1CC(=O)c2c(C)cccc2C1)C(CC)C(=O)CC(C)=O. The minimum absolute atomic E-state index is 0.0460. The molecule has 0 heterocycles. The van der Waals surface area contributed by atoms with E-state index in [1.54, 1.807) is 6.92 Å². The van der Waals surface area contributed by atoms with Crippen LogP contribution in [0.2, 0.25) is 0 Å². The quantitative estimate of drug-likeness (QED) is 0.246. The third-order valence-corrected chi connectivity index (χ3v) is 8.19. The molecule has 2 aliphatic rings. The first-order valence-corrected chi connectivity index (χ1v) is 14.3. The first-order valence-electron chi connectivity index (χ1n) is 14.3. The van der Waals surface area contributed by atoms with Gasteiger partial charge in [0.25, 0.3) is 0 Å². The van der Waals surface area contributed by atoms with E-state index >= 15 is 0 Å². The van der Waals surface area contributed by atoms with Crippen LogP contribution in [0.25, 0.3) is 0 Å². The van der Waals surface area contributed by atoms with E-state index < -0.39 is 0 Å². The zero-order valence-corrected chi connectivity index (χ0v) is 23.4. The van der Waals surface area contributed by atoms with E-state index in [0.29, 0.717) is 24.0 Å². The zero-order chi connectivity index (χ0) is 26.7. The fraction of sp³-hybridized carbons (Fsp3) is 0.688. The van der Waals surface area contributed by atoms with Crippen LogP contribution in [0.15, 0.2) is 18.2 Å². The van der Waals surface area contributed by atoms with Crippen molar-refractivity contribution in [2.75, 3.05) is 0 Å². The second-order valence-corrected chi connectivity index (χ2v) is 11.2. The predicted octanol–water partition coefficient (Wildman–Crippen LogP) is 7.67. The van der Waals surface area contributed by atoms with Gasteiger partial charge in [-0.05, 0) is 75.8 Å². The lowest BCUT2D eigenvalue weighted by atomic mass is 9.72. The molecule has 0 aromatic heterocycles. The Balaban J connectivity index is 0.000000380. The molecule has 4 nitrogen and oxygen atoms in total. The monoisotopic (exact) mass is 496 g/mol. The molecule has 3 rings (SSSR count). The summed E-state index contributed by atoms with van der Waals surface area (Å²) in [4.78, 5) is 47.6. The number of fused-ring (bicyclic) bond motifs is 1. The van der Waals surface area contributed by atoms with E-state index in [4.69, 9.17) is 0 Å². The molecule has 0 saturated heterocycles. The Morgan fingerprint density at radius 3 is 2.19 bits per heavy atom. The van der Waals surface area contributed by atoms with Crippen LogP contribution in [0.4, 0.5) is 0 Å². The highest BCUT2D eigenvalue weighted by molar-refractivity contribution is 6.00. The number of hydrogen-bond acceptors (Lipinski definition) is 4. The second-order valence-electron chi connectivity index (χ2n) is 11.2. The molecule has 36 heavy (non-hydrogen) atoms. The molecule has 0 aliphatic heterocycles. The van der Waals surface area contributed by atoms with Gasteiger partial charge in [-0.3, -0.25) is 19.2 Å². The van der Waals surface area contributed by atoms with E-state index in [2.05, 4.69) is 13.0 Å². The number of hydrogen-bond donors (Lipinski definition) is 0. The van der Waals surface area contributed by atoms with Crippen molar-refractivity contribution in [3.63, 3.8) is 0 Å². The Hall–Kier alpha value is -2.10. The molecule has 3 atom stereocenters. The highest BCUT2D eigenvalue weighted by Crippen LogP contribution is 2.36. The summed E-state index contributed by atoms with van der Waals surface area (Å²) in [5, 5.41) is 0. The Morgan fingerprint density at radius 2 is 1.64 bits per heavy atom. The van der Waals surface area contributed by atoms with Gasteiger partial charge < -0.3 is 0 Å². The smallest absolute Gasteiger partial charge is 0.163 e. The Morgan fingerprint density at radius 1 is 0.972 bits per heavy atom. The molecule has 0 spiro atoms. The van der Waals surface area contributed by atoms with Crippen molar-refractivity contribution < 1.29 is 19.2 Å². The summed E-state index contributed by atoms with van der Waals surface area (Å²) in [6, 6.07) is 6.10. The van der Waals surface area contributed by atoms with Crippen LogP contribution in [-0.2, 0) is 20.8 Å². The van der Waals surface area contributed by atoms with Crippen LogP contribution in [0.5, 0.6) is 0 Å². The highest BCUT2D eigenvalue weighted by atomic mass is 16.1. The summed E-state index contributed by atoms with van der Waals surface area (Å²) in [5.74, 6) is 1.58. The van der Waals surface area contributed by atoms with E-state index in [9.17, 15) is 19.2 Å². The molecule has 1 fully saturated rings. The van der Waals surface area contributed by atoms with Gasteiger partial charge in [0.2, 0.25) is 0 Å². The molecule has 1 aromatic carbocycles. The summed E-state index contributed by atoms with van der Waals surface area (Å²) in [5.41, 5.74) is 3.14. The maximum Gasteiger partial charge on any atom is 0.163 e. The molecule has 3 unspecified atom stereocenters. The number of aryl methyl sites for hydroxylation is 1. The lowest BCUT2D eigenvalue weighted by Gasteiger charge is -2.31. The molecule has 4 heteroatoms. The van der Waals surface area contributed by atoms with Crippen molar-refractivity contribution >= 4 is 23.1 Å². The van der Waals surface area contributed by atoms with Gasteiger partial charge in [0, 0.05) is 23.8 Å².